The normalized spacial score (nSPS) is 9.83. The molecule has 0 bridgehead atoms. The first-order valence-corrected chi connectivity index (χ1v) is 6.99. The van der Waals surface area contributed by atoms with Crippen LogP contribution in [0.25, 0.3) is 0 Å². The molecule has 0 fully saturated rings. The highest BCUT2D eigenvalue weighted by molar-refractivity contribution is 6.01. The van der Waals surface area contributed by atoms with Gasteiger partial charge < -0.3 is 20.1 Å². The fourth-order valence-electron chi connectivity index (χ4n) is 1.94. The highest BCUT2D eigenvalue weighted by Gasteiger charge is 2.12. The van der Waals surface area contributed by atoms with Crippen molar-refractivity contribution in [2.75, 3.05) is 26.1 Å². The van der Waals surface area contributed by atoms with Crippen molar-refractivity contribution in [1.82, 2.24) is 5.32 Å². The third kappa shape index (κ3) is 4.47. The van der Waals surface area contributed by atoms with Crippen molar-refractivity contribution in [1.29, 1.82) is 0 Å². The van der Waals surface area contributed by atoms with Gasteiger partial charge in [-0.05, 0) is 36.4 Å². The first kappa shape index (κ1) is 16.4. The molecule has 2 rings (SSSR count). The van der Waals surface area contributed by atoms with Crippen LogP contribution in [-0.2, 0) is 9.53 Å². The van der Waals surface area contributed by atoms with E-state index in [9.17, 15) is 9.59 Å². The first-order valence-electron chi connectivity index (χ1n) is 6.99. The van der Waals surface area contributed by atoms with Gasteiger partial charge in [-0.2, -0.15) is 0 Å². The number of rotatable bonds is 6. The summed E-state index contributed by atoms with van der Waals surface area (Å²) in [4.78, 5) is 23.3. The molecule has 6 heteroatoms. The van der Waals surface area contributed by atoms with Gasteiger partial charge in [0.25, 0.3) is 5.91 Å². The number of hydrogen-bond donors (Lipinski definition) is 2. The van der Waals surface area contributed by atoms with Gasteiger partial charge in [0.05, 0.1) is 25.5 Å². The molecular weight excluding hydrogens is 296 g/mol. The largest absolute Gasteiger partial charge is 0.497 e. The molecule has 0 saturated heterocycles. The molecule has 0 saturated carbocycles. The van der Waals surface area contributed by atoms with E-state index < -0.39 is 5.97 Å². The Morgan fingerprint density at radius 1 is 1.00 bits per heavy atom. The molecule has 2 aromatic carbocycles. The van der Waals surface area contributed by atoms with E-state index in [2.05, 4.69) is 15.4 Å². The van der Waals surface area contributed by atoms with Gasteiger partial charge in [-0.25, -0.2) is 0 Å². The summed E-state index contributed by atoms with van der Waals surface area (Å²) in [7, 11) is 2.87. The zero-order valence-corrected chi connectivity index (χ0v) is 13.0. The van der Waals surface area contributed by atoms with E-state index >= 15 is 0 Å². The molecule has 0 aliphatic heterocycles. The van der Waals surface area contributed by atoms with Crippen LogP contribution in [0.2, 0.25) is 0 Å². The molecule has 0 aliphatic rings. The van der Waals surface area contributed by atoms with E-state index in [1.807, 2.05) is 30.3 Å². The quantitative estimate of drug-likeness (QED) is 0.800. The van der Waals surface area contributed by atoms with Gasteiger partial charge in [0, 0.05) is 5.69 Å². The average molecular weight is 314 g/mol. The molecule has 2 N–H and O–H groups in total. The van der Waals surface area contributed by atoms with Gasteiger partial charge in [0.1, 0.15) is 12.3 Å². The van der Waals surface area contributed by atoms with Crippen molar-refractivity contribution in [2.45, 2.75) is 0 Å². The van der Waals surface area contributed by atoms with Crippen LogP contribution in [-0.4, -0.2) is 32.6 Å². The molecule has 2 aromatic rings. The molecule has 0 heterocycles. The Balaban J connectivity index is 2.13. The summed E-state index contributed by atoms with van der Waals surface area (Å²) in [5.74, 6) is -0.106. The molecular formula is C17H18N2O4. The van der Waals surface area contributed by atoms with Crippen LogP contribution in [0.15, 0.2) is 48.5 Å². The number of carbonyl (C=O) groups excluding carboxylic acids is 2. The summed E-state index contributed by atoms with van der Waals surface area (Å²) in [6, 6.07) is 14.4. The SMILES string of the molecule is COC(=O)CNC(=O)c1ccccc1Nc1ccc(OC)cc1. The molecule has 0 unspecified atom stereocenters. The van der Waals surface area contributed by atoms with Crippen LogP contribution in [0.4, 0.5) is 11.4 Å². The lowest BCUT2D eigenvalue weighted by atomic mass is 10.1. The van der Waals surface area contributed by atoms with Crippen molar-refractivity contribution in [3.63, 3.8) is 0 Å². The molecule has 0 atom stereocenters. The second-order valence-corrected chi connectivity index (χ2v) is 4.66. The second kappa shape index (κ2) is 7.84. The number of ether oxygens (including phenoxy) is 2. The monoisotopic (exact) mass is 314 g/mol. The molecule has 1 amide bonds. The summed E-state index contributed by atoms with van der Waals surface area (Å²) in [5, 5.41) is 5.69. The van der Waals surface area contributed by atoms with Crippen LogP contribution in [0.3, 0.4) is 0 Å². The fraction of sp³-hybridized carbons (Fsp3) is 0.176. The van der Waals surface area contributed by atoms with Gasteiger partial charge in [-0.1, -0.05) is 12.1 Å². The van der Waals surface area contributed by atoms with E-state index in [4.69, 9.17) is 4.74 Å². The van der Waals surface area contributed by atoms with Gasteiger partial charge in [0.15, 0.2) is 0 Å². The predicted octanol–water partition coefficient (Wildman–Crippen LogP) is 2.34. The molecule has 0 aromatic heterocycles. The predicted molar refractivity (Wildman–Crippen MR) is 87.1 cm³/mol. The summed E-state index contributed by atoms with van der Waals surface area (Å²) >= 11 is 0. The van der Waals surface area contributed by atoms with Crippen LogP contribution in [0.5, 0.6) is 5.75 Å². The maximum atomic E-state index is 12.2. The van der Waals surface area contributed by atoms with E-state index in [1.165, 1.54) is 7.11 Å². The minimum Gasteiger partial charge on any atom is -0.497 e. The van der Waals surface area contributed by atoms with Crippen LogP contribution >= 0.6 is 0 Å². The van der Waals surface area contributed by atoms with Crippen molar-refractivity contribution in [3.05, 3.63) is 54.1 Å². The summed E-state index contributed by atoms with van der Waals surface area (Å²) in [5.41, 5.74) is 1.89. The van der Waals surface area contributed by atoms with Gasteiger partial charge in [0.2, 0.25) is 0 Å². The van der Waals surface area contributed by atoms with Crippen LogP contribution in [0.1, 0.15) is 10.4 Å². The number of methoxy groups -OCH3 is 2. The molecule has 23 heavy (non-hydrogen) atoms. The van der Waals surface area contributed by atoms with Crippen molar-refractivity contribution >= 4 is 23.3 Å². The highest BCUT2D eigenvalue weighted by atomic mass is 16.5. The molecule has 0 spiro atoms. The maximum Gasteiger partial charge on any atom is 0.325 e. The number of para-hydroxylation sites is 1. The lowest BCUT2D eigenvalue weighted by Gasteiger charge is -2.12. The Bertz CT molecular complexity index is 683. The van der Waals surface area contributed by atoms with E-state index in [-0.39, 0.29) is 12.5 Å². The number of amides is 1. The van der Waals surface area contributed by atoms with E-state index in [1.54, 1.807) is 25.3 Å². The Labute approximate surface area is 134 Å². The van der Waals surface area contributed by atoms with Gasteiger partial charge >= 0.3 is 5.97 Å². The number of benzene rings is 2. The number of anilines is 2. The minimum atomic E-state index is -0.501. The average Bonchev–Trinajstić information content (AvgIpc) is 2.60. The summed E-state index contributed by atoms with van der Waals surface area (Å²) in [6.45, 7) is -0.174. The molecule has 0 aliphatic carbocycles. The topological polar surface area (TPSA) is 76.7 Å². The van der Waals surface area contributed by atoms with Crippen molar-refractivity contribution in [2.24, 2.45) is 0 Å². The van der Waals surface area contributed by atoms with Crippen molar-refractivity contribution < 1.29 is 19.1 Å². The Morgan fingerprint density at radius 2 is 1.70 bits per heavy atom. The minimum absolute atomic E-state index is 0.174. The third-order valence-corrected chi connectivity index (χ3v) is 3.16. The van der Waals surface area contributed by atoms with E-state index in [0.29, 0.717) is 11.3 Å². The zero-order valence-electron chi connectivity index (χ0n) is 13.0. The standard InChI is InChI=1S/C17H18N2O4/c1-22-13-9-7-12(8-10-13)19-15-6-4-3-5-14(15)17(21)18-11-16(20)23-2/h3-10,19H,11H2,1-2H3,(H,18,21). The first-order chi connectivity index (χ1) is 11.1. The number of nitrogens with one attached hydrogen (secondary N) is 2. The molecule has 6 nitrogen and oxygen atoms in total. The Kier molecular flexibility index (Phi) is 5.57. The molecule has 120 valence electrons. The summed E-state index contributed by atoms with van der Waals surface area (Å²) in [6.07, 6.45) is 0. The Hall–Kier alpha value is -3.02. The van der Waals surface area contributed by atoms with Gasteiger partial charge in [-0.15, -0.1) is 0 Å². The number of carbonyl (C=O) groups is 2. The third-order valence-electron chi connectivity index (χ3n) is 3.16. The highest BCUT2D eigenvalue weighted by Crippen LogP contribution is 2.22. The van der Waals surface area contributed by atoms with Crippen LogP contribution < -0.4 is 15.4 Å². The summed E-state index contributed by atoms with van der Waals surface area (Å²) < 4.78 is 9.61. The lowest BCUT2D eigenvalue weighted by molar-refractivity contribution is -0.139. The number of hydrogen-bond acceptors (Lipinski definition) is 5. The second-order valence-electron chi connectivity index (χ2n) is 4.66. The van der Waals surface area contributed by atoms with Gasteiger partial charge in [-0.3, -0.25) is 9.59 Å². The van der Waals surface area contributed by atoms with Crippen molar-refractivity contribution in [3.8, 4) is 5.75 Å². The lowest BCUT2D eigenvalue weighted by Crippen LogP contribution is -2.30. The fourth-order valence-corrected chi connectivity index (χ4v) is 1.94. The number of esters is 1. The zero-order chi connectivity index (χ0) is 16.7. The van der Waals surface area contributed by atoms with Crippen LogP contribution in [0, 0.1) is 0 Å². The maximum absolute atomic E-state index is 12.2. The molecule has 0 radical (unpaired) electrons. The Morgan fingerprint density at radius 3 is 2.35 bits per heavy atom. The van der Waals surface area contributed by atoms with E-state index in [0.717, 1.165) is 11.4 Å². The smallest absolute Gasteiger partial charge is 0.325 e.